The van der Waals surface area contributed by atoms with Crippen LogP contribution >= 0.6 is 0 Å². The van der Waals surface area contributed by atoms with Crippen molar-refractivity contribution in [2.24, 2.45) is 17.6 Å². The molecule has 4 heteroatoms. The lowest BCUT2D eigenvalue weighted by atomic mass is 9.96. The Morgan fingerprint density at radius 2 is 1.89 bits per heavy atom. The van der Waals surface area contributed by atoms with Crippen LogP contribution in [0.25, 0.3) is 0 Å². The highest BCUT2D eigenvalue weighted by atomic mass is 16.5. The number of nitrogens with two attached hydrogens (primary N) is 1. The molecule has 1 unspecified atom stereocenters. The van der Waals surface area contributed by atoms with Crippen LogP contribution in [0.15, 0.2) is 12.1 Å². The minimum atomic E-state index is 0.451. The van der Waals surface area contributed by atoms with Gasteiger partial charge in [0, 0.05) is 12.1 Å². The van der Waals surface area contributed by atoms with E-state index >= 15 is 0 Å². The van der Waals surface area contributed by atoms with E-state index in [9.17, 15) is 0 Å². The normalized spacial score (nSPS) is 12.4. The number of benzene rings is 1. The van der Waals surface area contributed by atoms with Gasteiger partial charge in [-0.3, -0.25) is 0 Å². The molecule has 0 bridgehead atoms. The van der Waals surface area contributed by atoms with Crippen LogP contribution in [-0.4, -0.2) is 27.3 Å². The molecule has 0 spiro atoms. The molecule has 4 nitrogen and oxygen atoms in total. The number of nitrogens with one attached hydrogen (secondary N) is 1. The molecule has 1 aromatic carbocycles. The van der Waals surface area contributed by atoms with Crippen LogP contribution in [-0.2, 0) is 0 Å². The van der Waals surface area contributed by atoms with Gasteiger partial charge in [0.05, 0.1) is 19.9 Å². The third-order valence-electron chi connectivity index (χ3n) is 3.58. The van der Waals surface area contributed by atoms with E-state index in [1.165, 1.54) is 0 Å². The van der Waals surface area contributed by atoms with E-state index < -0.39 is 0 Å². The van der Waals surface area contributed by atoms with Gasteiger partial charge in [0.2, 0.25) is 0 Å². The van der Waals surface area contributed by atoms with Crippen molar-refractivity contribution in [2.75, 3.05) is 32.6 Å². The Morgan fingerprint density at radius 3 is 2.37 bits per heavy atom. The van der Waals surface area contributed by atoms with Crippen LogP contribution in [0.2, 0.25) is 0 Å². The summed E-state index contributed by atoms with van der Waals surface area (Å²) in [5.41, 5.74) is 7.78. The van der Waals surface area contributed by atoms with Crippen LogP contribution in [0.1, 0.15) is 19.4 Å². The summed E-state index contributed by atoms with van der Waals surface area (Å²) in [6.07, 6.45) is 0. The monoisotopic (exact) mass is 266 g/mol. The SMILES string of the molecule is COc1ccc(NCC(CN)C(C)C)c(OC)c1C. The lowest BCUT2D eigenvalue weighted by molar-refractivity contribution is 0.388. The fourth-order valence-corrected chi connectivity index (χ4v) is 2.13. The molecule has 3 N–H and O–H groups in total. The van der Waals surface area contributed by atoms with E-state index in [4.69, 9.17) is 15.2 Å². The quantitative estimate of drug-likeness (QED) is 0.796. The number of ether oxygens (including phenoxy) is 2. The number of rotatable bonds is 7. The predicted molar refractivity (Wildman–Crippen MR) is 80.2 cm³/mol. The summed E-state index contributed by atoms with van der Waals surface area (Å²) in [7, 11) is 3.34. The Balaban J connectivity index is 2.86. The summed E-state index contributed by atoms with van der Waals surface area (Å²) < 4.78 is 10.8. The molecule has 0 aromatic heterocycles. The zero-order valence-corrected chi connectivity index (χ0v) is 12.6. The molecule has 0 aliphatic rings. The first-order chi connectivity index (χ1) is 9.04. The average Bonchev–Trinajstić information content (AvgIpc) is 2.39. The van der Waals surface area contributed by atoms with Gasteiger partial charge in [-0.15, -0.1) is 0 Å². The molecular weight excluding hydrogens is 240 g/mol. The predicted octanol–water partition coefficient (Wildman–Crippen LogP) is 2.66. The summed E-state index contributed by atoms with van der Waals surface area (Å²) in [6.45, 7) is 7.90. The molecule has 1 rings (SSSR count). The van der Waals surface area contributed by atoms with Gasteiger partial charge in [-0.1, -0.05) is 13.8 Å². The van der Waals surface area contributed by atoms with Gasteiger partial charge in [-0.2, -0.15) is 0 Å². The lowest BCUT2D eigenvalue weighted by Crippen LogP contribution is -2.27. The van der Waals surface area contributed by atoms with Gasteiger partial charge in [-0.05, 0) is 37.4 Å². The second-order valence-corrected chi connectivity index (χ2v) is 5.09. The topological polar surface area (TPSA) is 56.5 Å². The van der Waals surface area contributed by atoms with Crippen LogP contribution in [0.5, 0.6) is 11.5 Å². The fraction of sp³-hybridized carbons (Fsp3) is 0.600. The van der Waals surface area contributed by atoms with E-state index in [2.05, 4.69) is 19.2 Å². The molecule has 19 heavy (non-hydrogen) atoms. The van der Waals surface area contributed by atoms with E-state index in [1.807, 2.05) is 19.1 Å². The largest absolute Gasteiger partial charge is 0.496 e. The molecule has 1 atom stereocenters. The summed E-state index contributed by atoms with van der Waals surface area (Å²) in [5.74, 6) is 2.68. The summed E-state index contributed by atoms with van der Waals surface area (Å²) >= 11 is 0. The van der Waals surface area contributed by atoms with Crippen LogP contribution in [0.4, 0.5) is 5.69 Å². The highest BCUT2D eigenvalue weighted by molar-refractivity contribution is 5.63. The third kappa shape index (κ3) is 3.77. The van der Waals surface area contributed by atoms with E-state index in [1.54, 1.807) is 14.2 Å². The molecular formula is C15H26N2O2. The van der Waals surface area contributed by atoms with Crippen molar-refractivity contribution in [2.45, 2.75) is 20.8 Å². The Bertz CT molecular complexity index is 405. The number of methoxy groups -OCH3 is 2. The van der Waals surface area contributed by atoms with Gasteiger partial charge >= 0.3 is 0 Å². The first-order valence-electron chi connectivity index (χ1n) is 6.70. The highest BCUT2D eigenvalue weighted by Crippen LogP contribution is 2.35. The standard InChI is InChI=1S/C15H26N2O2/c1-10(2)12(8-16)9-17-13-6-7-14(18-4)11(3)15(13)19-5/h6-7,10,12,17H,8-9,16H2,1-5H3. The third-order valence-corrected chi connectivity index (χ3v) is 3.58. The fourth-order valence-electron chi connectivity index (χ4n) is 2.13. The van der Waals surface area contributed by atoms with Crippen LogP contribution < -0.4 is 20.5 Å². The molecule has 0 saturated heterocycles. The van der Waals surface area contributed by atoms with E-state index in [0.717, 1.165) is 29.3 Å². The highest BCUT2D eigenvalue weighted by Gasteiger charge is 2.14. The Kier molecular flexibility index (Phi) is 5.96. The molecule has 0 heterocycles. The molecule has 108 valence electrons. The van der Waals surface area contributed by atoms with E-state index in [0.29, 0.717) is 18.4 Å². The minimum absolute atomic E-state index is 0.451. The molecule has 0 radical (unpaired) electrons. The van der Waals surface area contributed by atoms with E-state index in [-0.39, 0.29) is 0 Å². The number of hydrogen-bond acceptors (Lipinski definition) is 4. The zero-order valence-electron chi connectivity index (χ0n) is 12.6. The van der Waals surface area contributed by atoms with Gasteiger partial charge < -0.3 is 20.5 Å². The number of anilines is 1. The second kappa shape index (κ2) is 7.24. The molecule has 0 aliphatic carbocycles. The second-order valence-electron chi connectivity index (χ2n) is 5.09. The molecule has 0 amide bonds. The minimum Gasteiger partial charge on any atom is -0.496 e. The number of hydrogen-bond donors (Lipinski definition) is 2. The Hall–Kier alpha value is -1.42. The summed E-state index contributed by atoms with van der Waals surface area (Å²) in [6, 6.07) is 3.94. The van der Waals surface area contributed by atoms with Crippen LogP contribution in [0, 0.1) is 18.8 Å². The van der Waals surface area contributed by atoms with Crippen molar-refractivity contribution < 1.29 is 9.47 Å². The maximum Gasteiger partial charge on any atom is 0.148 e. The molecule has 0 aliphatic heterocycles. The summed E-state index contributed by atoms with van der Waals surface area (Å²) in [4.78, 5) is 0. The van der Waals surface area contributed by atoms with Crippen molar-refractivity contribution in [1.29, 1.82) is 0 Å². The first kappa shape index (κ1) is 15.6. The van der Waals surface area contributed by atoms with Crippen molar-refractivity contribution >= 4 is 5.69 Å². The van der Waals surface area contributed by atoms with Crippen LogP contribution in [0.3, 0.4) is 0 Å². The molecule has 1 aromatic rings. The first-order valence-corrected chi connectivity index (χ1v) is 6.70. The van der Waals surface area contributed by atoms with Crippen molar-refractivity contribution in [3.8, 4) is 11.5 Å². The van der Waals surface area contributed by atoms with Gasteiger partial charge in [0.25, 0.3) is 0 Å². The van der Waals surface area contributed by atoms with Gasteiger partial charge in [0.15, 0.2) is 0 Å². The Morgan fingerprint density at radius 1 is 1.21 bits per heavy atom. The molecule has 0 saturated carbocycles. The van der Waals surface area contributed by atoms with Gasteiger partial charge in [-0.25, -0.2) is 0 Å². The lowest BCUT2D eigenvalue weighted by Gasteiger charge is -2.22. The van der Waals surface area contributed by atoms with Gasteiger partial charge in [0.1, 0.15) is 11.5 Å². The maximum absolute atomic E-state index is 5.79. The van der Waals surface area contributed by atoms with Crippen molar-refractivity contribution in [3.63, 3.8) is 0 Å². The summed E-state index contributed by atoms with van der Waals surface area (Å²) in [5, 5.41) is 3.43. The van der Waals surface area contributed by atoms with Crippen molar-refractivity contribution in [1.82, 2.24) is 0 Å². The average molecular weight is 266 g/mol. The zero-order chi connectivity index (χ0) is 14.4. The smallest absolute Gasteiger partial charge is 0.148 e. The Labute approximate surface area is 116 Å². The maximum atomic E-state index is 5.79. The molecule has 0 fully saturated rings. The van der Waals surface area contributed by atoms with Crippen molar-refractivity contribution in [3.05, 3.63) is 17.7 Å².